The number of likely N-dealkylation sites (tertiary alicyclic amines) is 1. The molecule has 4 atom stereocenters. The molecular formula is C28H37NO5. The Morgan fingerprint density at radius 3 is 2.85 bits per heavy atom. The highest BCUT2D eigenvalue weighted by Crippen LogP contribution is 2.64. The van der Waals surface area contributed by atoms with Crippen LogP contribution in [0, 0.1) is 0 Å². The van der Waals surface area contributed by atoms with Crippen LogP contribution in [0.15, 0.2) is 24.8 Å². The molecule has 2 bridgehead atoms. The first-order chi connectivity index (χ1) is 16.5. The fourth-order valence-electron chi connectivity index (χ4n) is 7.09. The van der Waals surface area contributed by atoms with Crippen molar-refractivity contribution in [2.24, 2.45) is 0 Å². The Bertz CT molecular complexity index is 989. The van der Waals surface area contributed by atoms with E-state index < -0.39 is 17.1 Å². The largest absolute Gasteiger partial charge is 0.477 e. The van der Waals surface area contributed by atoms with Gasteiger partial charge in [0.1, 0.15) is 0 Å². The number of rotatable bonds is 10. The molecule has 1 saturated heterocycles. The minimum Gasteiger partial charge on any atom is -0.477 e. The highest BCUT2D eigenvalue weighted by molar-refractivity contribution is 5.90. The summed E-state index contributed by atoms with van der Waals surface area (Å²) >= 11 is 0. The fourth-order valence-corrected chi connectivity index (χ4v) is 7.09. The van der Waals surface area contributed by atoms with Gasteiger partial charge in [-0.2, -0.15) is 0 Å². The molecule has 6 heteroatoms. The normalized spacial score (nSPS) is 31.1. The molecule has 1 spiro atoms. The Labute approximate surface area is 202 Å². The maximum Gasteiger partial charge on any atom is 0.311 e. The van der Waals surface area contributed by atoms with Gasteiger partial charge in [-0.15, -0.1) is 6.58 Å². The van der Waals surface area contributed by atoms with Gasteiger partial charge in [-0.25, -0.2) is 0 Å². The molecule has 2 aliphatic heterocycles. The molecule has 184 valence electrons. The van der Waals surface area contributed by atoms with Gasteiger partial charge in [0.2, 0.25) is 0 Å². The zero-order valence-corrected chi connectivity index (χ0v) is 20.3. The molecule has 6 nitrogen and oxygen atoms in total. The van der Waals surface area contributed by atoms with Crippen molar-refractivity contribution in [3.8, 4) is 11.5 Å². The summed E-state index contributed by atoms with van der Waals surface area (Å²) in [6, 6.07) is 3.73. The van der Waals surface area contributed by atoms with E-state index in [1.54, 1.807) is 0 Å². The Kier molecular flexibility index (Phi) is 6.32. The number of ketones is 1. The van der Waals surface area contributed by atoms with E-state index in [0.29, 0.717) is 50.1 Å². The van der Waals surface area contributed by atoms with E-state index in [0.717, 1.165) is 36.9 Å². The number of piperidine rings is 1. The lowest BCUT2D eigenvalue weighted by Crippen LogP contribution is -2.76. The van der Waals surface area contributed by atoms with Gasteiger partial charge in [0.25, 0.3) is 0 Å². The summed E-state index contributed by atoms with van der Waals surface area (Å²) in [5.74, 6) is 0.663. The molecule has 1 aromatic carbocycles. The molecular weight excluding hydrogens is 430 g/mol. The molecule has 2 fully saturated rings. The summed E-state index contributed by atoms with van der Waals surface area (Å²) in [6.45, 7) is 7.57. The van der Waals surface area contributed by atoms with E-state index in [-0.39, 0.29) is 17.8 Å². The van der Waals surface area contributed by atoms with E-state index in [2.05, 4.69) is 18.4 Å². The Hall–Kier alpha value is -2.18. The number of carbonyl (C=O) groups is 2. The van der Waals surface area contributed by atoms with E-state index >= 15 is 0 Å². The van der Waals surface area contributed by atoms with Crippen molar-refractivity contribution in [2.75, 3.05) is 13.1 Å². The predicted molar refractivity (Wildman–Crippen MR) is 129 cm³/mol. The molecule has 2 heterocycles. The van der Waals surface area contributed by atoms with Gasteiger partial charge in [0.15, 0.2) is 23.4 Å². The Balaban J connectivity index is 1.42. The minimum atomic E-state index is -1.05. The Morgan fingerprint density at radius 1 is 1.26 bits per heavy atom. The van der Waals surface area contributed by atoms with E-state index in [1.807, 2.05) is 18.2 Å². The zero-order valence-electron chi connectivity index (χ0n) is 20.3. The second-order valence-corrected chi connectivity index (χ2v) is 10.5. The molecule has 0 aromatic heterocycles. The summed E-state index contributed by atoms with van der Waals surface area (Å²) in [6.07, 6.45) is 10.2. The second kappa shape index (κ2) is 9.12. The lowest BCUT2D eigenvalue weighted by Gasteiger charge is -2.62. The molecule has 1 aromatic rings. The number of aliphatic hydroxyl groups is 1. The average Bonchev–Trinajstić information content (AvgIpc) is 3.18. The standard InChI is InChI=1S/C28H37NO5/c1-3-5-6-7-8-9-10-23(31)33-21-12-11-19-18-22-28(32)14-13-20(30)26-27(28,24(19)25(21)34-26)15-17-29(22)16-4-2/h4,11-12,22,26,32H,2-3,5-10,13-18H2,1H3/t22-,26+,27-,28-/m1/s1. The monoisotopic (exact) mass is 467 g/mol. The van der Waals surface area contributed by atoms with Crippen molar-refractivity contribution in [1.29, 1.82) is 0 Å². The number of hydrogen-bond donors (Lipinski definition) is 1. The molecule has 0 unspecified atom stereocenters. The van der Waals surface area contributed by atoms with Gasteiger partial charge in [-0.3, -0.25) is 14.5 Å². The third-order valence-electron chi connectivity index (χ3n) is 8.68. The number of hydrogen-bond acceptors (Lipinski definition) is 6. The zero-order chi connectivity index (χ0) is 23.9. The van der Waals surface area contributed by atoms with Crippen LogP contribution in [0.3, 0.4) is 0 Å². The van der Waals surface area contributed by atoms with Crippen LogP contribution in [0.25, 0.3) is 0 Å². The lowest BCUT2D eigenvalue weighted by atomic mass is 9.49. The third kappa shape index (κ3) is 3.44. The van der Waals surface area contributed by atoms with E-state index in [1.165, 1.54) is 19.3 Å². The summed E-state index contributed by atoms with van der Waals surface area (Å²) in [7, 11) is 0. The van der Waals surface area contributed by atoms with Gasteiger partial charge < -0.3 is 14.6 Å². The summed E-state index contributed by atoms with van der Waals surface area (Å²) < 4.78 is 12.1. The molecule has 0 amide bonds. The van der Waals surface area contributed by atoms with Crippen LogP contribution in [0.4, 0.5) is 0 Å². The van der Waals surface area contributed by atoms with Gasteiger partial charge in [0, 0.05) is 37.5 Å². The number of Topliss-reactive ketones (excluding diaryl/α,β-unsaturated/α-hetero) is 1. The Morgan fingerprint density at radius 2 is 2.06 bits per heavy atom. The predicted octanol–water partition coefficient (Wildman–Crippen LogP) is 4.25. The van der Waals surface area contributed by atoms with Crippen LogP contribution in [0.1, 0.15) is 82.3 Å². The van der Waals surface area contributed by atoms with Crippen LogP contribution in [-0.4, -0.2) is 52.6 Å². The SMILES string of the molecule is C=CCN1CC[C@@]23c4c5ccc(OC(=O)CCCCCCCC)c4O[C@H]2C(=O)CC[C@@]3(O)[C@H]1C5. The fraction of sp³-hybridized carbons (Fsp3) is 0.643. The van der Waals surface area contributed by atoms with Crippen molar-refractivity contribution in [3.63, 3.8) is 0 Å². The molecule has 1 N–H and O–H groups in total. The third-order valence-corrected chi connectivity index (χ3v) is 8.68. The molecule has 34 heavy (non-hydrogen) atoms. The van der Waals surface area contributed by atoms with Crippen LogP contribution in [0.2, 0.25) is 0 Å². The van der Waals surface area contributed by atoms with Crippen molar-refractivity contribution in [2.45, 2.75) is 101 Å². The number of nitrogens with zero attached hydrogens (tertiary/aromatic N) is 1. The summed E-state index contributed by atoms with van der Waals surface area (Å²) in [5, 5.41) is 12.2. The van der Waals surface area contributed by atoms with Gasteiger partial charge in [0.05, 0.1) is 11.0 Å². The highest BCUT2D eigenvalue weighted by atomic mass is 16.6. The van der Waals surface area contributed by atoms with E-state index in [4.69, 9.17) is 9.47 Å². The molecule has 5 rings (SSSR count). The minimum absolute atomic E-state index is 0.0361. The highest BCUT2D eigenvalue weighted by Gasteiger charge is 2.73. The van der Waals surface area contributed by atoms with Crippen molar-refractivity contribution in [1.82, 2.24) is 4.90 Å². The first-order valence-corrected chi connectivity index (χ1v) is 13.1. The van der Waals surface area contributed by atoms with Gasteiger partial charge in [-0.1, -0.05) is 51.2 Å². The topological polar surface area (TPSA) is 76.1 Å². The summed E-state index contributed by atoms with van der Waals surface area (Å²) in [4.78, 5) is 28.0. The van der Waals surface area contributed by atoms with E-state index in [9.17, 15) is 14.7 Å². The maximum absolute atomic E-state index is 13.1. The first kappa shape index (κ1) is 23.6. The number of carbonyl (C=O) groups excluding carboxylic acids is 2. The number of unbranched alkanes of at least 4 members (excludes halogenated alkanes) is 5. The molecule has 1 saturated carbocycles. The quantitative estimate of drug-likeness (QED) is 0.240. The number of ether oxygens (including phenoxy) is 2. The van der Waals surface area contributed by atoms with Crippen LogP contribution in [-0.2, 0) is 21.4 Å². The number of benzene rings is 1. The molecule has 2 aliphatic carbocycles. The maximum atomic E-state index is 13.1. The smallest absolute Gasteiger partial charge is 0.311 e. The van der Waals surface area contributed by atoms with Crippen molar-refractivity contribution in [3.05, 3.63) is 35.9 Å². The van der Waals surface area contributed by atoms with Crippen LogP contribution in [0.5, 0.6) is 11.5 Å². The first-order valence-electron chi connectivity index (χ1n) is 13.1. The van der Waals surface area contributed by atoms with Gasteiger partial charge >= 0.3 is 5.97 Å². The van der Waals surface area contributed by atoms with Crippen molar-refractivity contribution >= 4 is 11.8 Å². The lowest BCUT2D eigenvalue weighted by molar-refractivity contribution is -0.187. The van der Waals surface area contributed by atoms with Crippen LogP contribution >= 0.6 is 0 Å². The molecule has 4 aliphatic rings. The van der Waals surface area contributed by atoms with Crippen LogP contribution < -0.4 is 9.47 Å². The molecule has 0 radical (unpaired) electrons. The average molecular weight is 468 g/mol. The van der Waals surface area contributed by atoms with Crippen molar-refractivity contribution < 1.29 is 24.2 Å². The van der Waals surface area contributed by atoms with Gasteiger partial charge in [-0.05, 0) is 37.3 Å². The number of esters is 1. The summed E-state index contributed by atoms with van der Waals surface area (Å²) in [5.41, 5.74) is 0.181. The second-order valence-electron chi connectivity index (χ2n) is 10.5.